The van der Waals surface area contributed by atoms with E-state index >= 15 is 0 Å². The van der Waals surface area contributed by atoms with Gasteiger partial charge in [-0.25, -0.2) is 9.59 Å². The van der Waals surface area contributed by atoms with Crippen LogP contribution in [0.2, 0.25) is 0 Å². The molecule has 1 aliphatic rings. The Morgan fingerprint density at radius 2 is 2.05 bits per heavy atom. The number of hydrogen-bond donors (Lipinski definition) is 1. The molecular formula is C13H16O6. The molecule has 19 heavy (non-hydrogen) atoms. The van der Waals surface area contributed by atoms with Gasteiger partial charge in [0, 0.05) is 13.5 Å². The Morgan fingerprint density at radius 1 is 1.47 bits per heavy atom. The quantitative estimate of drug-likeness (QED) is 0.604. The molecule has 0 amide bonds. The van der Waals surface area contributed by atoms with E-state index in [2.05, 4.69) is 4.74 Å². The smallest absolute Gasteiger partial charge is 0.336 e. The van der Waals surface area contributed by atoms with E-state index in [4.69, 9.17) is 14.6 Å². The highest BCUT2D eigenvalue weighted by Gasteiger charge is 2.27. The lowest BCUT2D eigenvalue weighted by Gasteiger charge is -2.19. The lowest BCUT2D eigenvalue weighted by Crippen LogP contribution is -2.26. The van der Waals surface area contributed by atoms with Gasteiger partial charge in [-0.15, -0.1) is 0 Å². The Bertz CT molecular complexity index is 436. The first-order valence-corrected chi connectivity index (χ1v) is 5.50. The summed E-state index contributed by atoms with van der Waals surface area (Å²) >= 11 is 0. The summed E-state index contributed by atoms with van der Waals surface area (Å²) < 4.78 is 9.90. The maximum absolute atomic E-state index is 11.4. The molecule has 0 saturated carbocycles. The minimum Gasteiger partial charge on any atom is -0.481 e. The molecule has 0 heterocycles. The number of methoxy groups -OCH3 is 1. The zero-order chi connectivity index (χ0) is 14.8. The third kappa shape index (κ3) is 5.81. The number of carbonyl (C=O) groups is 2. The third-order valence-corrected chi connectivity index (χ3v) is 1.99. The zero-order valence-corrected chi connectivity index (χ0v) is 11.0. The van der Waals surface area contributed by atoms with Crippen molar-refractivity contribution in [1.29, 1.82) is 0 Å². The van der Waals surface area contributed by atoms with Gasteiger partial charge in [0.15, 0.2) is 0 Å². The summed E-state index contributed by atoms with van der Waals surface area (Å²) in [4.78, 5) is 31.0. The Kier molecular flexibility index (Phi) is 7.84. The van der Waals surface area contributed by atoms with Crippen LogP contribution < -0.4 is 0 Å². The number of ether oxygens (including phenoxy) is 2. The van der Waals surface area contributed by atoms with Crippen LogP contribution in [-0.4, -0.2) is 42.8 Å². The number of allylic oxidation sites excluding steroid dienone is 2. The Hall–Kier alpha value is -2.17. The van der Waals surface area contributed by atoms with Crippen molar-refractivity contribution in [2.45, 2.75) is 20.0 Å². The van der Waals surface area contributed by atoms with Gasteiger partial charge in [-0.1, -0.05) is 6.08 Å². The Balaban J connectivity index is 0.000000711. The van der Waals surface area contributed by atoms with Gasteiger partial charge in [0.25, 0.3) is 5.97 Å². The van der Waals surface area contributed by atoms with Gasteiger partial charge in [-0.05, 0) is 19.1 Å². The van der Waals surface area contributed by atoms with Crippen molar-refractivity contribution in [2.24, 2.45) is 0 Å². The van der Waals surface area contributed by atoms with Crippen molar-refractivity contribution >= 4 is 17.9 Å². The van der Waals surface area contributed by atoms with Crippen LogP contribution in [0.25, 0.3) is 0 Å². The zero-order valence-electron chi connectivity index (χ0n) is 11.0. The molecule has 1 atom stereocenters. The summed E-state index contributed by atoms with van der Waals surface area (Å²) in [7, 11) is 1.29. The molecule has 0 radical (unpaired) electrons. The highest BCUT2D eigenvalue weighted by molar-refractivity contribution is 5.92. The topological polar surface area (TPSA) is 89.9 Å². The Labute approximate surface area is 111 Å². The average Bonchev–Trinajstić information content (AvgIpc) is 2.37. The van der Waals surface area contributed by atoms with Gasteiger partial charge in [0.1, 0.15) is 12.0 Å². The highest BCUT2D eigenvalue weighted by atomic mass is 16.5. The fourth-order valence-electron chi connectivity index (χ4n) is 1.32. The average molecular weight is 268 g/mol. The summed E-state index contributed by atoms with van der Waals surface area (Å²) in [5, 5.41) is 7.42. The lowest BCUT2D eigenvalue weighted by molar-refractivity contribution is -0.137. The number of carbonyl (C=O) groups excluding carboxylic acids is 2. The van der Waals surface area contributed by atoms with E-state index in [0.29, 0.717) is 17.8 Å². The van der Waals surface area contributed by atoms with E-state index in [0.717, 1.165) is 6.92 Å². The molecular weight excluding hydrogens is 252 g/mol. The van der Waals surface area contributed by atoms with Crippen LogP contribution in [0.4, 0.5) is 0 Å². The second-order valence-corrected chi connectivity index (χ2v) is 3.38. The molecule has 0 bridgehead atoms. The van der Waals surface area contributed by atoms with Crippen LogP contribution in [0.15, 0.2) is 29.4 Å². The fraction of sp³-hybridized carbons (Fsp3) is 0.385. The molecule has 0 aliphatic heterocycles. The third-order valence-electron chi connectivity index (χ3n) is 1.99. The van der Waals surface area contributed by atoms with Crippen LogP contribution >= 0.6 is 0 Å². The van der Waals surface area contributed by atoms with Crippen molar-refractivity contribution in [3.63, 3.8) is 0 Å². The summed E-state index contributed by atoms with van der Waals surface area (Å²) in [5.41, 5.74) is 0.625. The van der Waals surface area contributed by atoms with Crippen LogP contribution in [0.5, 0.6) is 0 Å². The molecule has 0 spiro atoms. The predicted molar refractivity (Wildman–Crippen MR) is 67.2 cm³/mol. The number of aliphatic carboxylic acids is 1. The predicted octanol–water partition coefficient (Wildman–Crippen LogP) is 0.910. The molecule has 1 rings (SSSR count). The standard InChI is InChI=1S/C11H12O4.C2H4O2/c1-3-15-10-8(7-12)5-4-6-9(10)11(13)14-2;1-2(3)4/h4-6,10H,3H2,1-2H3;1H3,(H,3,4). The minimum absolute atomic E-state index is 0.305. The van der Waals surface area contributed by atoms with Crippen molar-refractivity contribution in [1.82, 2.24) is 0 Å². The first-order chi connectivity index (χ1) is 8.97. The van der Waals surface area contributed by atoms with Gasteiger partial charge in [-0.2, -0.15) is 0 Å². The Morgan fingerprint density at radius 3 is 2.47 bits per heavy atom. The minimum atomic E-state index is -0.833. The van der Waals surface area contributed by atoms with Crippen LogP contribution in [0.1, 0.15) is 13.8 Å². The second-order valence-electron chi connectivity index (χ2n) is 3.38. The van der Waals surface area contributed by atoms with E-state index in [1.54, 1.807) is 31.1 Å². The van der Waals surface area contributed by atoms with Crippen LogP contribution in [0, 0.1) is 0 Å². The number of esters is 1. The number of carboxylic acid groups (broad SMARTS) is 1. The largest absolute Gasteiger partial charge is 0.481 e. The molecule has 1 aliphatic carbocycles. The van der Waals surface area contributed by atoms with Crippen molar-refractivity contribution in [3.8, 4) is 0 Å². The van der Waals surface area contributed by atoms with Gasteiger partial charge >= 0.3 is 5.97 Å². The number of hydrogen-bond acceptors (Lipinski definition) is 5. The number of carboxylic acids is 1. The molecule has 6 heteroatoms. The van der Waals surface area contributed by atoms with Gasteiger partial charge < -0.3 is 14.6 Å². The van der Waals surface area contributed by atoms with Gasteiger partial charge in [0.2, 0.25) is 0 Å². The monoisotopic (exact) mass is 268 g/mol. The van der Waals surface area contributed by atoms with Crippen LogP contribution in [0.3, 0.4) is 0 Å². The van der Waals surface area contributed by atoms with Gasteiger partial charge in [0.05, 0.1) is 18.3 Å². The maximum atomic E-state index is 11.4. The molecule has 0 saturated heterocycles. The van der Waals surface area contributed by atoms with Crippen molar-refractivity contribution < 1.29 is 29.0 Å². The first-order valence-electron chi connectivity index (χ1n) is 5.50. The van der Waals surface area contributed by atoms with Gasteiger partial charge in [-0.3, -0.25) is 4.79 Å². The SMILES string of the molecule is CC(=O)O.CCOC1C(=C=O)C=CC=C1C(=O)OC. The maximum Gasteiger partial charge on any atom is 0.336 e. The molecule has 0 aromatic rings. The fourth-order valence-corrected chi connectivity index (χ4v) is 1.32. The van der Waals surface area contributed by atoms with E-state index in [1.165, 1.54) is 7.11 Å². The summed E-state index contributed by atoms with van der Waals surface area (Å²) in [5.74, 6) is 0.426. The summed E-state index contributed by atoms with van der Waals surface area (Å²) in [6.07, 6.45) is 4.08. The molecule has 104 valence electrons. The first kappa shape index (κ1) is 16.8. The van der Waals surface area contributed by atoms with E-state index in [9.17, 15) is 9.59 Å². The van der Waals surface area contributed by atoms with E-state index in [1.807, 2.05) is 0 Å². The molecule has 1 unspecified atom stereocenters. The summed E-state index contributed by atoms with van der Waals surface area (Å²) in [6.45, 7) is 3.27. The molecule has 1 N–H and O–H groups in total. The molecule has 0 aromatic carbocycles. The number of rotatable bonds is 3. The molecule has 0 aromatic heterocycles. The van der Waals surface area contributed by atoms with Crippen LogP contribution in [-0.2, 0) is 23.9 Å². The molecule has 0 fully saturated rings. The lowest BCUT2D eigenvalue weighted by atomic mass is 9.97. The highest BCUT2D eigenvalue weighted by Crippen LogP contribution is 2.21. The normalized spacial score (nSPS) is 16.7. The summed E-state index contributed by atoms with van der Waals surface area (Å²) in [6, 6.07) is 0. The van der Waals surface area contributed by atoms with Crippen molar-refractivity contribution in [3.05, 3.63) is 29.4 Å². The van der Waals surface area contributed by atoms with E-state index in [-0.39, 0.29) is 0 Å². The second kappa shape index (κ2) is 8.85. The van der Waals surface area contributed by atoms with Crippen molar-refractivity contribution in [2.75, 3.05) is 13.7 Å². The molecule has 6 nitrogen and oxygen atoms in total. The van der Waals surface area contributed by atoms with E-state index < -0.39 is 18.0 Å².